The van der Waals surface area contributed by atoms with E-state index in [-0.39, 0.29) is 19.3 Å². The molecule has 0 fully saturated rings. The zero-order valence-corrected chi connectivity index (χ0v) is 10.3. The summed E-state index contributed by atoms with van der Waals surface area (Å²) in [7, 11) is 0. The topological polar surface area (TPSA) is 74.2 Å². The fraction of sp³-hybridized carbons (Fsp3) is 0.583. The minimum absolute atomic E-state index is 0.141. The monoisotopic (exact) mass is 253 g/mol. The molecule has 2 rings (SSSR count). The van der Waals surface area contributed by atoms with Crippen molar-refractivity contribution in [3.63, 3.8) is 0 Å². The van der Waals surface area contributed by atoms with Gasteiger partial charge in [0.25, 0.3) is 0 Å². The Morgan fingerprint density at radius 3 is 3.00 bits per heavy atom. The standard InChI is InChI=1S/C12H15NO5/c1-3-10(14)17-7-18-11(15)8-6-9-12(2,13-8)4-5-16-9/h4-5,9H,3,6-7H2,1-2H3. The van der Waals surface area contributed by atoms with Gasteiger partial charge in [-0.3, -0.25) is 9.79 Å². The Kier molecular flexibility index (Phi) is 3.36. The molecule has 0 bridgehead atoms. The lowest BCUT2D eigenvalue weighted by molar-refractivity contribution is -0.162. The molecule has 6 nitrogen and oxygen atoms in total. The third-order valence-corrected chi connectivity index (χ3v) is 2.99. The van der Waals surface area contributed by atoms with E-state index in [9.17, 15) is 9.59 Å². The summed E-state index contributed by atoms with van der Waals surface area (Å²) in [6.45, 7) is 3.18. The van der Waals surface area contributed by atoms with Crippen molar-refractivity contribution in [1.82, 2.24) is 0 Å². The molecule has 0 aromatic carbocycles. The van der Waals surface area contributed by atoms with Gasteiger partial charge in [-0.15, -0.1) is 0 Å². The number of fused-ring (bicyclic) bond motifs is 1. The van der Waals surface area contributed by atoms with Crippen LogP contribution in [-0.2, 0) is 23.8 Å². The van der Waals surface area contributed by atoms with Crippen LogP contribution in [0.15, 0.2) is 17.3 Å². The van der Waals surface area contributed by atoms with Crippen LogP contribution in [0, 0.1) is 0 Å². The van der Waals surface area contributed by atoms with E-state index in [1.54, 1.807) is 13.2 Å². The Balaban J connectivity index is 1.86. The van der Waals surface area contributed by atoms with Gasteiger partial charge < -0.3 is 14.2 Å². The molecule has 2 aliphatic heterocycles. The van der Waals surface area contributed by atoms with Crippen molar-refractivity contribution in [2.75, 3.05) is 6.79 Å². The van der Waals surface area contributed by atoms with Crippen molar-refractivity contribution >= 4 is 17.7 Å². The molecule has 0 saturated carbocycles. The van der Waals surface area contributed by atoms with E-state index in [0.29, 0.717) is 12.1 Å². The lowest BCUT2D eigenvalue weighted by Crippen LogP contribution is -2.28. The van der Waals surface area contributed by atoms with E-state index in [4.69, 9.17) is 9.47 Å². The van der Waals surface area contributed by atoms with Gasteiger partial charge in [0.1, 0.15) is 17.4 Å². The molecule has 2 atom stereocenters. The summed E-state index contributed by atoms with van der Waals surface area (Å²) in [6.07, 6.45) is 3.92. The van der Waals surface area contributed by atoms with Crippen molar-refractivity contribution in [3.05, 3.63) is 12.3 Å². The molecule has 18 heavy (non-hydrogen) atoms. The SMILES string of the molecule is CCC(=O)OCOC(=O)C1=NC2(C)C=COC2C1. The molecule has 0 aromatic heterocycles. The van der Waals surface area contributed by atoms with Crippen molar-refractivity contribution < 1.29 is 23.8 Å². The molecule has 2 unspecified atom stereocenters. The molecular formula is C12H15NO5. The lowest BCUT2D eigenvalue weighted by atomic mass is 9.98. The van der Waals surface area contributed by atoms with Crippen molar-refractivity contribution in [1.29, 1.82) is 0 Å². The van der Waals surface area contributed by atoms with Crippen LogP contribution >= 0.6 is 0 Å². The number of carbonyl (C=O) groups excluding carboxylic acids is 2. The minimum Gasteiger partial charge on any atom is -0.495 e. The van der Waals surface area contributed by atoms with Crippen LogP contribution in [0.1, 0.15) is 26.7 Å². The first-order chi connectivity index (χ1) is 8.55. The highest BCUT2D eigenvalue weighted by molar-refractivity contribution is 6.37. The van der Waals surface area contributed by atoms with E-state index in [0.717, 1.165) is 0 Å². The molecule has 0 radical (unpaired) electrons. The minimum atomic E-state index is -0.563. The van der Waals surface area contributed by atoms with Crippen LogP contribution in [0.4, 0.5) is 0 Å². The summed E-state index contributed by atoms with van der Waals surface area (Å²) in [6, 6.07) is 0. The molecule has 98 valence electrons. The Morgan fingerprint density at radius 1 is 1.56 bits per heavy atom. The number of esters is 2. The number of carbonyl (C=O) groups is 2. The molecule has 2 heterocycles. The van der Waals surface area contributed by atoms with Gasteiger partial charge in [0, 0.05) is 12.8 Å². The molecule has 0 aliphatic carbocycles. The summed E-state index contributed by atoms with van der Waals surface area (Å²) >= 11 is 0. The van der Waals surface area contributed by atoms with Crippen LogP contribution in [0.25, 0.3) is 0 Å². The number of ether oxygens (including phenoxy) is 3. The average molecular weight is 253 g/mol. The van der Waals surface area contributed by atoms with Crippen LogP contribution < -0.4 is 0 Å². The third-order valence-electron chi connectivity index (χ3n) is 2.99. The van der Waals surface area contributed by atoms with Crippen molar-refractivity contribution in [3.8, 4) is 0 Å². The molecule has 0 N–H and O–H groups in total. The molecular weight excluding hydrogens is 238 g/mol. The zero-order valence-electron chi connectivity index (χ0n) is 10.3. The van der Waals surface area contributed by atoms with Gasteiger partial charge in [0.15, 0.2) is 0 Å². The fourth-order valence-electron chi connectivity index (χ4n) is 1.86. The van der Waals surface area contributed by atoms with Crippen LogP contribution in [0.2, 0.25) is 0 Å². The number of aliphatic imine (C=N–C) groups is 1. The van der Waals surface area contributed by atoms with Crippen molar-refractivity contribution in [2.45, 2.75) is 38.3 Å². The van der Waals surface area contributed by atoms with Gasteiger partial charge in [-0.05, 0) is 13.0 Å². The summed E-state index contributed by atoms with van der Waals surface area (Å²) in [5.41, 5.74) is -0.159. The predicted molar refractivity (Wildman–Crippen MR) is 61.8 cm³/mol. The Bertz CT molecular complexity index is 428. The average Bonchev–Trinajstić information content (AvgIpc) is 2.83. The molecule has 2 aliphatic rings. The smallest absolute Gasteiger partial charge is 0.355 e. The molecule has 6 heteroatoms. The highest BCUT2D eigenvalue weighted by Gasteiger charge is 2.44. The second-order valence-corrected chi connectivity index (χ2v) is 4.34. The number of rotatable bonds is 4. The van der Waals surface area contributed by atoms with Gasteiger partial charge in [-0.25, -0.2) is 4.79 Å². The maximum Gasteiger partial charge on any atom is 0.355 e. The first-order valence-electron chi connectivity index (χ1n) is 5.80. The lowest BCUT2D eigenvalue weighted by Gasteiger charge is -2.17. The molecule has 0 spiro atoms. The summed E-state index contributed by atoms with van der Waals surface area (Å²) in [5, 5.41) is 0. The van der Waals surface area contributed by atoms with Gasteiger partial charge >= 0.3 is 11.9 Å². The van der Waals surface area contributed by atoms with E-state index >= 15 is 0 Å². The zero-order chi connectivity index (χ0) is 13.2. The maximum atomic E-state index is 11.7. The van der Waals surface area contributed by atoms with Crippen LogP contribution in [0.3, 0.4) is 0 Å². The Hall–Kier alpha value is -1.85. The first-order valence-corrected chi connectivity index (χ1v) is 5.80. The highest BCUT2D eigenvalue weighted by Crippen LogP contribution is 2.34. The van der Waals surface area contributed by atoms with Crippen LogP contribution in [0.5, 0.6) is 0 Å². The number of hydrogen-bond donors (Lipinski definition) is 0. The van der Waals surface area contributed by atoms with E-state index in [1.165, 1.54) is 0 Å². The number of nitrogens with zero attached hydrogens (tertiary/aromatic N) is 1. The van der Waals surface area contributed by atoms with Gasteiger partial charge in [0.2, 0.25) is 6.79 Å². The van der Waals surface area contributed by atoms with E-state index in [2.05, 4.69) is 9.73 Å². The molecule has 0 aromatic rings. The second kappa shape index (κ2) is 4.80. The molecule has 0 saturated heterocycles. The summed E-state index contributed by atoms with van der Waals surface area (Å²) < 4.78 is 14.8. The van der Waals surface area contributed by atoms with Gasteiger partial charge in [0.05, 0.1) is 6.26 Å². The third kappa shape index (κ3) is 2.37. The number of hydrogen-bond acceptors (Lipinski definition) is 6. The quantitative estimate of drug-likeness (QED) is 0.551. The van der Waals surface area contributed by atoms with Crippen LogP contribution in [-0.4, -0.2) is 36.1 Å². The Morgan fingerprint density at radius 2 is 2.33 bits per heavy atom. The summed E-state index contributed by atoms with van der Waals surface area (Å²) in [5.74, 6) is -0.974. The predicted octanol–water partition coefficient (Wildman–Crippen LogP) is 0.956. The van der Waals surface area contributed by atoms with Gasteiger partial charge in [-0.1, -0.05) is 6.92 Å². The van der Waals surface area contributed by atoms with Gasteiger partial charge in [-0.2, -0.15) is 0 Å². The largest absolute Gasteiger partial charge is 0.495 e. The van der Waals surface area contributed by atoms with E-state index in [1.807, 2.05) is 13.0 Å². The highest BCUT2D eigenvalue weighted by atomic mass is 16.7. The first kappa shape index (κ1) is 12.6. The maximum absolute atomic E-state index is 11.7. The Labute approximate surface area is 105 Å². The molecule has 0 amide bonds. The summed E-state index contributed by atoms with van der Waals surface area (Å²) in [4.78, 5) is 26.8. The normalized spacial score (nSPS) is 28.3. The fourth-order valence-corrected chi connectivity index (χ4v) is 1.86. The van der Waals surface area contributed by atoms with Crippen molar-refractivity contribution in [2.24, 2.45) is 4.99 Å². The van der Waals surface area contributed by atoms with E-state index < -0.39 is 17.5 Å². The second-order valence-electron chi connectivity index (χ2n) is 4.34.